The van der Waals surface area contributed by atoms with Crippen LogP contribution in [-0.4, -0.2) is 22.4 Å². The number of hydrogen-bond acceptors (Lipinski definition) is 2. The monoisotopic (exact) mass is 287 g/mol. The van der Waals surface area contributed by atoms with E-state index in [1.165, 1.54) is 0 Å². The highest BCUT2D eigenvalue weighted by atomic mass is 19.4. The van der Waals surface area contributed by atoms with Crippen molar-refractivity contribution in [1.82, 2.24) is 4.98 Å². The zero-order valence-corrected chi connectivity index (χ0v) is 11.5. The van der Waals surface area contributed by atoms with Crippen molar-refractivity contribution in [2.75, 3.05) is 0 Å². The highest BCUT2D eigenvalue weighted by Gasteiger charge is 2.43. The van der Waals surface area contributed by atoms with Crippen LogP contribution >= 0.6 is 0 Å². The number of aryl methyl sites for hydroxylation is 1. The molecule has 0 bridgehead atoms. The van der Waals surface area contributed by atoms with Crippen molar-refractivity contribution >= 4 is 0 Å². The predicted octanol–water partition coefficient (Wildman–Crippen LogP) is 3.66. The molecular formula is C15H20F3NO. The maximum absolute atomic E-state index is 12.8. The Morgan fingerprint density at radius 3 is 2.70 bits per heavy atom. The lowest BCUT2D eigenvalue weighted by Gasteiger charge is -2.33. The van der Waals surface area contributed by atoms with Crippen LogP contribution in [0.3, 0.4) is 0 Å². The second-order valence-electron chi connectivity index (χ2n) is 5.76. The summed E-state index contributed by atoms with van der Waals surface area (Å²) in [6.45, 7) is 1.92. The average molecular weight is 287 g/mol. The molecule has 1 saturated carbocycles. The number of halogens is 3. The van der Waals surface area contributed by atoms with Gasteiger partial charge in [0.25, 0.3) is 0 Å². The van der Waals surface area contributed by atoms with Crippen LogP contribution in [0.2, 0.25) is 0 Å². The molecule has 0 aromatic carbocycles. The van der Waals surface area contributed by atoms with Gasteiger partial charge in [-0.05, 0) is 43.7 Å². The van der Waals surface area contributed by atoms with Crippen LogP contribution in [0.25, 0.3) is 0 Å². The number of rotatable bonds is 3. The molecule has 0 saturated heterocycles. The van der Waals surface area contributed by atoms with Gasteiger partial charge in [0.2, 0.25) is 0 Å². The third-order valence-corrected chi connectivity index (χ3v) is 4.11. The topological polar surface area (TPSA) is 33.1 Å². The molecule has 1 fully saturated rings. The molecule has 112 valence electrons. The molecule has 3 atom stereocenters. The molecule has 1 aromatic rings. The van der Waals surface area contributed by atoms with E-state index in [2.05, 4.69) is 4.98 Å². The second-order valence-corrected chi connectivity index (χ2v) is 5.76. The van der Waals surface area contributed by atoms with Crippen molar-refractivity contribution < 1.29 is 18.3 Å². The summed E-state index contributed by atoms with van der Waals surface area (Å²) in [5.74, 6) is -1.54. The minimum Gasteiger partial charge on any atom is -0.392 e. The summed E-state index contributed by atoms with van der Waals surface area (Å²) in [5, 5.41) is 10.2. The van der Waals surface area contributed by atoms with E-state index in [1.807, 2.05) is 19.1 Å². The molecule has 0 spiro atoms. The Morgan fingerprint density at radius 2 is 2.10 bits per heavy atom. The summed E-state index contributed by atoms with van der Waals surface area (Å²) in [5.41, 5.74) is 1.76. The Morgan fingerprint density at radius 1 is 1.35 bits per heavy atom. The van der Waals surface area contributed by atoms with E-state index < -0.39 is 18.2 Å². The Hall–Kier alpha value is -1.10. The number of aliphatic hydroxyl groups excluding tert-OH is 1. The van der Waals surface area contributed by atoms with E-state index in [1.54, 1.807) is 6.20 Å². The molecule has 20 heavy (non-hydrogen) atoms. The molecule has 5 heteroatoms. The van der Waals surface area contributed by atoms with E-state index in [-0.39, 0.29) is 18.8 Å². The van der Waals surface area contributed by atoms with Crippen LogP contribution in [0, 0.1) is 18.8 Å². The summed E-state index contributed by atoms with van der Waals surface area (Å²) in [7, 11) is 0. The van der Waals surface area contributed by atoms with Crippen molar-refractivity contribution in [3.05, 3.63) is 29.6 Å². The van der Waals surface area contributed by atoms with Gasteiger partial charge in [-0.3, -0.25) is 4.98 Å². The largest absolute Gasteiger partial charge is 0.392 e. The smallest absolute Gasteiger partial charge is 0.391 e. The maximum atomic E-state index is 12.8. The lowest BCUT2D eigenvalue weighted by atomic mass is 9.77. The van der Waals surface area contributed by atoms with Crippen molar-refractivity contribution in [1.29, 1.82) is 0 Å². The van der Waals surface area contributed by atoms with Gasteiger partial charge in [-0.25, -0.2) is 0 Å². The molecule has 0 radical (unpaired) electrons. The molecule has 2 nitrogen and oxygen atoms in total. The zero-order chi connectivity index (χ0) is 14.8. The fourth-order valence-electron chi connectivity index (χ4n) is 2.87. The average Bonchev–Trinajstić information content (AvgIpc) is 2.40. The highest BCUT2D eigenvalue weighted by molar-refractivity contribution is 5.13. The molecule has 1 heterocycles. The van der Waals surface area contributed by atoms with Crippen molar-refractivity contribution in [3.63, 3.8) is 0 Å². The Kier molecular flexibility index (Phi) is 4.68. The van der Waals surface area contributed by atoms with Crippen molar-refractivity contribution in [3.8, 4) is 0 Å². The van der Waals surface area contributed by atoms with Crippen LogP contribution < -0.4 is 0 Å². The number of alkyl halides is 3. The Labute approximate surface area is 117 Å². The lowest BCUT2D eigenvalue weighted by Crippen LogP contribution is -2.34. The summed E-state index contributed by atoms with van der Waals surface area (Å²) in [6.07, 6.45) is -1.41. The third-order valence-electron chi connectivity index (χ3n) is 4.11. The van der Waals surface area contributed by atoms with E-state index in [0.29, 0.717) is 19.3 Å². The number of hydrogen-bond donors (Lipinski definition) is 1. The van der Waals surface area contributed by atoms with Gasteiger partial charge < -0.3 is 5.11 Å². The van der Waals surface area contributed by atoms with Crippen LogP contribution in [0.1, 0.15) is 36.9 Å². The Bertz CT molecular complexity index is 430. The molecule has 0 aliphatic heterocycles. The first-order valence-electron chi connectivity index (χ1n) is 7.02. The number of pyridine rings is 1. The van der Waals surface area contributed by atoms with Crippen molar-refractivity contribution in [2.45, 2.75) is 51.3 Å². The van der Waals surface area contributed by atoms with E-state index >= 15 is 0 Å². The highest BCUT2D eigenvalue weighted by Crippen LogP contribution is 2.41. The van der Waals surface area contributed by atoms with Crippen LogP contribution in [0.15, 0.2) is 18.3 Å². The number of aromatic nitrogens is 1. The van der Waals surface area contributed by atoms with E-state index in [0.717, 1.165) is 11.3 Å². The molecular weight excluding hydrogens is 267 g/mol. The number of aliphatic hydroxyl groups is 1. The normalized spacial score (nSPS) is 25.4. The fourth-order valence-corrected chi connectivity index (χ4v) is 2.87. The van der Waals surface area contributed by atoms with E-state index in [4.69, 9.17) is 0 Å². The molecule has 0 amide bonds. The van der Waals surface area contributed by atoms with Gasteiger partial charge in [-0.2, -0.15) is 13.2 Å². The second kappa shape index (κ2) is 6.12. The first kappa shape index (κ1) is 15.3. The summed E-state index contributed by atoms with van der Waals surface area (Å²) < 4.78 is 38.3. The first-order valence-corrected chi connectivity index (χ1v) is 7.02. The molecule has 2 rings (SSSR count). The number of nitrogens with zero attached hydrogens (tertiary/aromatic N) is 1. The molecule has 1 aromatic heterocycles. The summed E-state index contributed by atoms with van der Waals surface area (Å²) in [6, 6.07) is 3.72. The summed E-state index contributed by atoms with van der Waals surface area (Å²) >= 11 is 0. The minimum absolute atomic E-state index is 0.0382. The fraction of sp³-hybridized carbons (Fsp3) is 0.667. The van der Waals surface area contributed by atoms with Gasteiger partial charge in [0.05, 0.1) is 12.0 Å². The van der Waals surface area contributed by atoms with Gasteiger partial charge in [0.1, 0.15) is 0 Å². The van der Waals surface area contributed by atoms with Gasteiger partial charge in [0, 0.05) is 18.3 Å². The van der Waals surface area contributed by atoms with Gasteiger partial charge in [-0.15, -0.1) is 0 Å². The van der Waals surface area contributed by atoms with Crippen LogP contribution in [0.4, 0.5) is 13.2 Å². The maximum Gasteiger partial charge on any atom is 0.391 e. The third kappa shape index (κ3) is 3.95. The molecule has 3 unspecified atom stereocenters. The zero-order valence-electron chi connectivity index (χ0n) is 11.5. The minimum atomic E-state index is -4.14. The molecule has 1 N–H and O–H groups in total. The van der Waals surface area contributed by atoms with Crippen LogP contribution in [0.5, 0.6) is 0 Å². The van der Waals surface area contributed by atoms with Gasteiger partial charge >= 0.3 is 6.18 Å². The first-order chi connectivity index (χ1) is 9.36. The summed E-state index contributed by atoms with van der Waals surface area (Å²) in [4.78, 5) is 4.20. The Balaban J connectivity index is 1.95. The predicted molar refractivity (Wildman–Crippen MR) is 70.2 cm³/mol. The SMILES string of the molecule is Cc1ccc(CC(O)C2CCCC(C(F)(F)F)C2)nc1. The molecule has 1 aliphatic carbocycles. The van der Waals surface area contributed by atoms with Gasteiger partial charge in [0.15, 0.2) is 0 Å². The molecule has 1 aliphatic rings. The standard InChI is InChI=1S/C15H20F3NO/c1-10-5-6-13(19-9-10)8-14(20)11-3-2-4-12(7-11)15(16,17)18/h5-6,9,11-12,14,20H,2-4,7-8H2,1H3. The van der Waals surface area contributed by atoms with Crippen LogP contribution in [-0.2, 0) is 6.42 Å². The lowest BCUT2D eigenvalue weighted by molar-refractivity contribution is -0.188. The van der Waals surface area contributed by atoms with E-state index in [9.17, 15) is 18.3 Å². The van der Waals surface area contributed by atoms with Gasteiger partial charge in [-0.1, -0.05) is 12.5 Å². The quantitative estimate of drug-likeness (QED) is 0.920. The van der Waals surface area contributed by atoms with Crippen molar-refractivity contribution in [2.24, 2.45) is 11.8 Å².